The molecule has 0 radical (unpaired) electrons. The Morgan fingerprint density at radius 3 is 2.36 bits per heavy atom. The number of amides is 1. The van der Waals surface area contributed by atoms with E-state index in [4.69, 9.17) is 4.74 Å². The van der Waals surface area contributed by atoms with Crippen molar-refractivity contribution in [3.63, 3.8) is 0 Å². The molecule has 0 aromatic heterocycles. The normalized spacial score (nSPS) is 15.2. The summed E-state index contributed by atoms with van der Waals surface area (Å²) in [6, 6.07) is 8.58. The molecule has 1 heterocycles. The second kappa shape index (κ2) is 8.66. The van der Waals surface area contributed by atoms with Crippen LogP contribution in [0.5, 0.6) is 5.75 Å². The van der Waals surface area contributed by atoms with Crippen molar-refractivity contribution in [1.82, 2.24) is 4.31 Å². The molecule has 0 saturated carbocycles. The lowest BCUT2D eigenvalue weighted by atomic mass is 10.2. The van der Waals surface area contributed by atoms with Crippen molar-refractivity contribution in [3.05, 3.63) is 54.1 Å². The zero-order chi connectivity index (χ0) is 20.1. The predicted octanol–water partition coefficient (Wildman–Crippen LogP) is 3.16. The zero-order valence-corrected chi connectivity index (χ0v) is 15.8. The first-order valence-corrected chi connectivity index (χ1v) is 10.3. The number of hydrogen-bond donors (Lipinski definition) is 1. The lowest BCUT2D eigenvalue weighted by molar-refractivity contribution is -0.118. The minimum atomic E-state index is -3.53. The maximum atomic E-state index is 13.5. The second-order valence-electron chi connectivity index (χ2n) is 6.40. The molecule has 0 atom stereocenters. The van der Waals surface area contributed by atoms with Crippen LogP contribution in [0.25, 0.3) is 0 Å². The van der Waals surface area contributed by atoms with Crippen LogP contribution in [0.3, 0.4) is 0 Å². The Bertz CT molecular complexity index is 943. The molecule has 2 aromatic carbocycles. The summed E-state index contributed by atoms with van der Waals surface area (Å²) < 4.78 is 58.3. The Kier molecular flexibility index (Phi) is 6.25. The molecule has 2 aromatic rings. The fourth-order valence-electron chi connectivity index (χ4n) is 2.89. The summed E-state index contributed by atoms with van der Waals surface area (Å²) in [5, 5.41) is 2.28. The summed E-state index contributed by atoms with van der Waals surface area (Å²) in [6.45, 7) is 0.621. The first-order chi connectivity index (χ1) is 13.4. The van der Waals surface area contributed by atoms with E-state index >= 15 is 0 Å². The van der Waals surface area contributed by atoms with Gasteiger partial charge >= 0.3 is 0 Å². The third-order valence-corrected chi connectivity index (χ3v) is 6.26. The zero-order valence-electron chi connectivity index (χ0n) is 15.0. The molecule has 1 aliphatic rings. The average Bonchev–Trinajstić information content (AvgIpc) is 2.69. The van der Waals surface area contributed by atoms with Gasteiger partial charge < -0.3 is 10.1 Å². The van der Waals surface area contributed by atoms with Crippen molar-refractivity contribution >= 4 is 21.6 Å². The molecule has 28 heavy (non-hydrogen) atoms. The van der Waals surface area contributed by atoms with E-state index in [1.54, 1.807) is 0 Å². The highest BCUT2D eigenvalue weighted by molar-refractivity contribution is 7.89. The van der Waals surface area contributed by atoms with E-state index in [9.17, 15) is 22.0 Å². The number of piperidine rings is 1. The number of halogens is 2. The molecule has 1 amide bonds. The Morgan fingerprint density at radius 1 is 1.04 bits per heavy atom. The van der Waals surface area contributed by atoms with E-state index in [0.29, 0.717) is 24.9 Å². The number of carbonyl (C=O) groups excluding carboxylic acids is 1. The fraction of sp³-hybridized carbons (Fsp3) is 0.316. The molecule has 3 rings (SSSR count). The maximum absolute atomic E-state index is 13.5. The van der Waals surface area contributed by atoms with Gasteiger partial charge in [0.25, 0.3) is 5.91 Å². The smallest absolute Gasteiger partial charge is 0.262 e. The number of nitrogens with one attached hydrogen (secondary N) is 1. The van der Waals surface area contributed by atoms with Crippen LogP contribution in [0.4, 0.5) is 14.5 Å². The van der Waals surface area contributed by atoms with E-state index in [0.717, 1.165) is 31.4 Å². The van der Waals surface area contributed by atoms with Crippen LogP contribution in [0.1, 0.15) is 19.3 Å². The fourth-order valence-corrected chi connectivity index (χ4v) is 4.41. The quantitative estimate of drug-likeness (QED) is 0.794. The summed E-state index contributed by atoms with van der Waals surface area (Å²) in [7, 11) is -3.53. The largest absolute Gasteiger partial charge is 0.484 e. The standard InChI is InChI=1S/C19H20F2N2O4S/c20-14-4-9-18(17(21)12-14)22-19(24)13-27-15-5-7-16(8-6-15)28(25,26)23-10-2-1-3-11-23/h4-9,12H,1-3,10-11,13H2,(H,22,24). The average molecular weight is 410 g/mol. The monoisotopic (exact) mass is 410 g/mol. The molecule has 9 heteroatoms. The van der Waals surface area contributed by atoms with Crippen molar-refractivity contribution in [2.75, 3.05) is 25.0 Å². The van der Waals surface area contributed by atoms with Gasteiger partial charge in [-0.1, -0.05) is 6.42 Å². The van der Waals surface area contributed by atoms with Gasteiger partial charge in [-0.3, -0.25) is 4.79 Å². The second-order valence-corrected chi connectivity index (χ2v) is 8.34. The topological polar surface area (TPSA) is 75.7 Å². The molecule has 1 aliphatic heterocycles. The van der Waals surface area contributed by atoms with Crippen molar-refractivity contribution in [2.24, 2.45) is 0 Å². The minimum Gasteiger partial charge on any atom is -0.484 e. The van der Waals surface area contributed by atoms with Crippen LogP contribution in [-0.2, 0) is 14.8 Å². The number of ether oxygens (including phenoxy) is 1. The van der Waals surface area contributed by atoms with Crippen LogP contribution in [-0.4, -0.2) is 38.3 Å². The number of carbonyl (C=O) groups is 1. The predicted molar refractivity (Wildman–Crippen MR) is 99.5 cm³/mol. The number of anilines is 1. The van der Waals surface area contributed by atoms with Gasteiger partial charge in [0.05, 0.1) is 10.6 Å². The highest BCUT2D eigenvalue weighted by Gasteiger charge is 2.25. The molecule has 1 saturated heterocycles. The molecule has 0 aliphatic carbocycles. The third-order valence-electron chi connectivity index (χ3n) is 4.35. The van der Waals surface area contributed by atoms with E-state index in [1.807, 2.05) is 0 Å². The molecule has 0 unspecified atom stereocenters. The number of rotatable bonds is 6. The van der Waals surface area contributed by atoms with Gasteiger partial charge in [0.1, 0.15) is 17.4 Å². The van der Waals surface area contributed by atoms with Gasteiger partial charge in [-0.05, 0) is 49.2 Å². The van der Waals surface area contributed by atoms with E-state index < -0.39 is 34.2 Å². The highest BCUT2D eigenvalue weighted by Crippen LogP contribution is 2.23. The molecule has 1 fully saturated rings. The van der Waals surface area contributed by atoms with Crippen LogP contribution in [0.15, 0.2) is 47.4 Å². The van der Waals surface area contributed by atoms with Gasteiger partial charge in [-0.15, -0.1) is 0 Å². The van der Waals surface area contributed by atoms with E-state index in [1.165, 1.54) is 28.6 Å². The van der Waals surface area contributed by atoms with Gasteiger partial charge in [0.15, 0.2) is 6.61 Å². The first-order valence-electron chi connectivity index (χ1n) is 8.84. The van der Waals surface area contributed by atoms with Crippen LogP contribution < -0.4 is 10.1 Å². The Morgan fingerprint density at radius 2 is 1.71 bits per heavy atom. The van der Waals surface area contributed by atoms with Gasteiger partial charge in [-0.2, -0.15) is 4.31 Å². The summed E-state index contributed by atoms with van der Waals surface area (Å²) in [4.78, 5) is 12.0. The number of hydrogen-bond acceptors (Lipinski definition) is 4. The van der Waals surface area contributed by atoms with Crippen molar-refractivity contribution in [2.45, 2.75) is 24.2 Å². The molecule has 150 valence electrons. The molecular formula is C19H20F2N2O4S. The van der Waals surface area contributed by atoms with Crippen LogP contribution >= 0.6 is 0 Å². The highest BCUT2D eigenvalue weighted by atomic mass is 32.2. The summed E-state index contributed by atoms with van der Waals surface area (Å²) in [5.41, 5.74) is -0.155. The Balaban J connectivity index is 1.57. The maximum Gasteiger partial charge on any atom is 0.262 e. The minimum absolute atomic E-state index is 0.155. The van der Waals surface area contributed by atoms with E-state index in [-0.39, 0.29) is 10.6 Å². The number of nitrogens with zero attached hydrogens (tertiary/aromatic N) is 1. The SMILES string of the molecule is O=C(COc1ccc(S(=O)(=O)N2CCCCC2)cc1)Nc1ccc(F)cc1F. The van der Waals surface area contributed by atoms with Crippen molar-refractivity contribution < 1.29 is 26.7 Å². The van der Waals surface area contributed by atoms with Crippen molar-refractivity contribution in [1.29, 1.82) is 0 Å². The summed E-state index contributed by atoms with van der Waals surface area (Å²) >= 11 is 0. The van der Waals surface area contributed by atoms with Gasteiger partial charge in [0, 0.05) is 19.2 Å². The van der Waals surface area contributed by atoms with E-state index in [2.05, 4.69) is 5.32 Å². The van der Waals surface area contributed by atoms with Crippen LogP contribution in [0, 0.1) is 11.6 Å². The third kappa shape index (κ3) is 4.85. The lowest BCUT2D eigenvalue weighted by Gasteiger charge is -2.25. The molecule has 1 N–H and O–H groups in total. The number of benzene rings is 2. The first kappa shape index (κ1) is 20.2. The molecule has 0 bridgehead atoms. The molecule has 0 spiro atoms. The summed E-state index contributed by atoms with van der Waals surface area (Å²) in [6.07, 6.45) is 2.73. The molecule has 6 nitrogen and oxygen atoms in total. The van der Waals surface area contributed by atoms with Crippen molar-refractivity contribution in [3.8, 4) is 5.75 Å². The Hall–Kier alpha value is -2.52. The lowest BCUT2D eigenvalue weighted by Crippen LogP contribution is -2.35. The number of sulfonamides is 1. The Labute approximate surface area is 162 Å². The van der Waals surface area contributed by atoms with Crippen LogP contribution in [0.2, 0.25) is 0 Å². The van der Waals surface area contributed by atoms with Gasteiger partial charge in [0.2, 0.25) is 10.0 Å². The molecular weight excluding hydrogens is 390 g/mol. The summed E-state index contributed by atoms with van der Waals surface area (Å²) in [5.74, 6) is -1.96. The van der Waals surface area contributed by atoms with Gasteiger partial charge in [-0.25, -0.2) is 17.2 Å².